The van der Waals surface area contributed by atoms with Crippen molar-refractivity contribution in [3.8, 4) is 0 Å². The summed E-state index contributed by atoms with van der Waals surface area (Å²) in [6.07, 6.45) is 2.96. The quantitative estimate of drug-likeness (QED) is 0.300. The van der Waals surface area contributed by atoms with Crippen molar-refractivity contribution < 1.29 is 14.1 Å². The zero-order valence-electron chi connectivity index (χ0n) is 20.1. The Hall–Kier alpha value is -2.25. The van der Waals surface area contributed by atoms with Crippen LogP contribution in [0.3, 0.4) is 0 Å². The average molecular weight is 424 g/mol. The van der Waals surface area contributed by atoms with Gasteiger partial charge in [0, 0.05) is 18.7 Å². The molecule has 0 aromatic carbocycles. The van der Waals surface area contributed by atoms with Gasteiger partial charge in [0.1, 0.15) is 11.4 Å². The van der Waals surface area contributed by atoms with Crippen molar-refractivity contribution in [1.29, 1.82) is 0 Å². The molecule has 8 nitrogen and oxygen atoms in total. The Balaban J connectivity index is 2.68. The molecule has 0 saturated carbocycles. The molecule has 30 heavy (non-hydrogen) atoms. The molecule has 1 amide bonds. The molecule has 0 aliphatic heterocycles. The fourth-order valence-corrected chi connectivity index (χ4v) is 3.11. The van der Waals surface area contributed by atoms with Crippen molar-refractivity contribution in [2.75, 3.05) is 19.6 Å². The Morgan fingerprint density at radius 2 is 1.80 bits per heavy atom. The molecule has 1 aromatic rings. The summed E-state index contributed by atoms with van der Waals surface area (Å²) < 4.78 is 10.7. The second-order valence-electron chi connectivity index (χ2n) is 8.64. The highest BCUT2D eigenvalue weighted by Gasteiger charge is 2.30. The van der Waals surface area contributed by atoms with Crippen molar-refractivity contribution in [2.24, 2.45) is 4.99 Å². The summed E-state index contributed by atoms with van der Waals surface area (Å²) in [5.41, 5.74) is 1.16. The van der Waals surface area contributed by atoms with Crippen LogP contribution in [0.5, 0.6) is 0 Å². The fourth-order valence-electron chi connectivity index (χ4n) is 3.11. The van der Waals surface area contributed by atoms with Crippen molar-refractivity contribution >= 4 is 12.1 Å². The second kappa shape index (κ2) is 11.8. The maximum Gasteiger partial charge on any atom is 0.408 e. The summed E-state index contributed by atoms with van der Waals surface area (Å²) >= 11 is 0. The minimum absolute atomic E-state index is 0.404. The predicted molar refractivity (Wildman–Crippen MR) is 121 cm³/mol. The molecule has 8 heteroatoms. The van der Waals surface area contributed by atoms with Crippen LogP contribution in [-0.2, 0) is 11.2 Å². The van der Waals surface area contributed by atoms with Crippen LogP contribution in [0.2, 0.25) is 0 Å². The summed E-state index contributed by atoms with van der Waals surface area (Å²) in [7, 11) is 0. The molecule has 3 N–H and O–H groups in total. The van der Waals surface area contributed by atoms with Gasteiger partial charge >= 0.3 is 6.09 Å². The van der Waals surface area contributed by atoms with E-state index in [1.807, 2.05) is 41.5 Å². The maximum absolute atomic E-state index is 12.3. The van der Waals surface area contributed by atoms with Crippen LogP contribution in [0.25, 0.3) is 0 Å². The van der Waals surface area contributed by atoms with Gasteiger partial charge in [0.05, 0.1) is 17.8 Å². The smallest absolute Gasteiger partial charge is 0.408 e. The van der Waals surface area contributed by atoms with Crippen LogP contribution < -0.4 is 16.0 Å². The van der Waals surface area contributed by atoms with Crippen LogP contribution >= 0.6 is 0 Å². The predicted octanol–water partition coefficient (Wildman–Crippen LogP) is 3.86. The third-order valence-corrected chi connectivity index (χ3v) is 5.08. The van der Waals surface area contributed by atoms with Crippen LogP contribution in [0, 0.1) is 13.8 Å². The van der Waals surface area contributed by atoms with Crippen molar-refractivity contribution in [3.63, 3.8) is 0 Å². The zero-order chi connectivity index (χ0) is 22.8. The number of amides is 1. The van der Waals surface area contributed by atoms with Gasteiger partial charge in [-0.25, -0.2) is 4.79 Å². The van der Waals surface area contributed by atoms with E-state index in [2.05, 4.69) is 35.0 Å². The molecule has 1 rings (SSSR count). The number of rotatable bonds is 10. The highest BCUT2D eigenvalue weighted by atomic mass is 16.6. The van der Waals surface area contributed by atoms with Crippen LogP contribution in [-0.4, -0.2) is 48.0 Å². The van der Waals surface area contributed by atoms with Crippen LogP contribution in [0.4, 0.5) is 4.79 Å². The fraction of sp³-hybridized carbons (Fsp3) is 0.773. The Morgan fingerprint density at radius 1 is 1.13 bits per heavy atom. The van der Waals surface area contributed by atoms with Crippen molar-refractivity contribution in [1.82, 2.24) is 21.1 Å². The molecule has 0 bridgehead atoms. The number of aliphatic imine (C=N–C) groups is 1. The second-order valence-corrected chi connectivity index (χ2v) is 8.64. The first-order valence-corrected chi connectivity index (χ1v) is 11.0. The monoisotopic (exact) mass is 423 g/mol. The maximum atomic E-state index is 12.3. The van der Waals surface area contributed by atoms with E-state index in [0.717, 1.165) is 56.2 Å². The molecule has 0 aliphatic rings. The number of aromatic nitrogens is 1. The molecule has 0 spiro atoms. The molecule has 0 aliphatic carbocycles. The minimum Gasteiger partial charge on any atom is -0.444 e. The Morgan fingerprint density at radius 3 is 2.30 bits per heavy atom. The Bertz CT molecular complexity index is 668. The van der Waals surface area contributed by atoms with Gasteiger partial charge in [0.15, 0.2) is 5.96 Å². The largest absolute Gasteiger partial charge is 0.444 e. The number of alkyl carbamates (subject to hydrolysis) is 1. The van der Waals surface area contributed by atoms with Crippen molar-refractivity contribution in [3.05, 3.63) is 17.0 Å². The standard InChI is InChI=1S/C22H41N5O3/c1-9-22(10-2,26-20(28)29-21(6,7)8)15-25-19(23-11-3)24-14-12-13-18-16(4)27-30-17(18)5/h9-15H2,1-8H3,(H,26,28)(H2,23,24,25). The number of aryl methyl sites for hydroxylation is 2. The molecule has 0 saturated heterocycles. The number of guanidine groups is 1. The van der Waals surface area contributed by atoms with E-state index in [1.54, 1.807) is 0 Å². The van der Waals surface area contributed by atoms with Crippen LogP contribution in [0.1, 0.15) is 77.8 Å². The van der Waals surface area contributed by atoms with E-state index in [4.69, 9.17) is 14.3 Å². The van der Waals surface area contributed by atoms with Gasteiger partial charge in [-0.1, -0.05) is 19.0 Å². The molecule has 0 radical (unpaired) electrons. The molecule has 0 unspecified atom stereocenters. The van der Waals surface area contributed by atoms with Gasteiger partial charge in [0.25, 0.3) is 0 Å². The van der Waals surface area contributed by atoms with Crippen LogP contribution in [0.15, 0.2) is 9.52 Å². The third kappa shape index (κ3) is 8.63. The van der Waals surface area contributed by atoms with Gasteiger partial charge in [-0.3, -0.25) is 4.99 Å². The lowest BCUT2D eigenvalue weighted by molar-refractivity contribution is 0.0452. The average Bonchev–Trinajstić information content (AvgIpc) is 2.98. The first-order valence-electron chi connectivity index (χ1n) is 11.0. The van der Waals surface area contributed by atoms with Gasteiger partial charge in [-0.05, 0) is 67.2 Å². The molecular weight excluding hydrogens is 382 g/mol. The van der Waals surface area contributed by atoms with Crippen molar-refractivity contribution in [2.45, 2.75) is 92.2 Å². The number of nitrogens with zero attached hydrogens (tertiary/aromatic N) is 2. The first kappa shape index (κ1) is 25.8. The highest BCUT2D eigenvalue weighted by Crippen LogP contribution is 2.18. The highest BCUT2D eigenvalue weighted by molar-refractivity contribution is 5.79. The molecule has 172 valence electrons. The van der Waals surface area contributed by atoms with E-state index < -0.39 is 17.2 Å². The summed E-state index contributed by atoms with van der Waals surface area (Å²) in [5, 5.41) is 13.7. The molecule has 0 fully saturated rings. The van der Waals surface area contributed by atoms with E-state index in [9.17, 15) is 4.79 Å². The minimum atomic E-state index is -0.529. The summed E-state index contributed by atoms with van der Waals surface area (Å²) in [6, 6.07) is 0. The van der Waals surface area contributed by atoms with Gasteiger partial charge in [0.2, 0.25) is 0 Å². The molecule has 0 atom stereocenters. The molecular formula is C22H41N5O3. The lowest BCUT2D eigenvalue weighted by atomic mass is 9.93. The van der Waals surface area contributed by atoms with E-state index >= 15 is 0 Å². The Kier molecular flexibility index (Phi) is 10.2. The third-order valence-electron chi connectivity index (χ3n) is 5.08. The number of hydrogen-bond acceptors (Lipinski definition) is 5. The van der Waals surface area contributed by atoms with Gasteiger partial charge in [-0.2, -0.15) is 0 Å². The topological polar surface area (TPSA) is 101 Å². The summed E-state index contributed by atoms with van der Waals surface area (Å²) in [5.74, 6) is 1.63. The summed E-state index contributed by atoms with van der Waals surface area (Å²) in [6.45, 7) is 17.7. The molecule has 1 heterocycles. The number of carbonyl (C=O) groups is 1. The first-order chi connectivity index (χ1) is 14.1. The van der Waals surface area contributed by atoms with Gasteiger partial charge < -0.3 is 25.2 Å². The zero-order valence-corrected chi connectivity index (χ0v) is 20.1. The van der Waals surface area contributed by atoms with E-state index in [0.29, 0.717) is 6.54 Å². The SMILES string of the molecule is CCNC(=NCC(CC)(CC)NC(=O)OC(C)(C)C)NCCCc1c(C)noc1C. The lowest BCUT2D eigenvalue weighted by Gasteiger charge is -2.32. The number of nitrogens with one attached hydrogen (secondary N) is 3. The number of carbonyl (C=O) groups excluding carboxylic acids is 1. The Labute approximate surface area is 181 Å². The van der Waals surface area contributed by atoms with E-state index in [1.165, 1.54) is 5.56 Å². The lowest BCUT2D eigenvalue weighted by Crippen LogP contribution is -2.52. The number of hydrogen-bond donors (Lipinski definition) is 3. The van der Waals surface area contributed by atoms with Gasteiger partial charge in [-0.15, -0.1) is 0 Å². The summed E-state index contributed by atoms with van der Waals surface area (Å²) in [4.78, 5) is 17.1. The normalized spacial score (nSPS) is 12.6. The molecule has 1 aromatic heterocycles. The van der Waals surface area contributed by atoms with E-state index in [-0.39, 0.29) is 0 Å². The number of ether oxygens (including phenoxy) is 1.